The predicted octanol–water partition coefficient (Wildman–Crippen LogP) is 2.70. The molecule has 1 aromatic rings. The third-order valence-corrected chi connectivity index (χ3v) is 2.21. The van der Waals surface area contributed by atoms with Gasteiger partial charge in [-0.2, -0.15) is 13.2 Å². The van der Waals surface area contributed by atoms with Gasteiger partial charge in [-0.1, -0.05) is 0 Å². The van der Waals surface area contributed by atoms with Crippen LogP contribution in [0.15, 0.2) is 18.2 Å². The van der Waals surface area contributed by atoms with Gasteiger partial charge in [0.1, 0.15) is 17.7 Å². The van der Waals surface area contributed by atoms with Gasteiger partial charge in [0.25, 0.3) is 0 Å². The van der Waals surface area contributed by atoms with E-state index in [-0.39, 0.29) is 12.4 Å². The van der Waals surface area contributed by atoms with Crippen LogP contribution in [0, 0.1) is 11.6 Å². The van der Waals surface area contributed by atoms with E-state index in [4.69, 9.17) is 5.73 Å². The lowest BCUT2D eigenvalue weighted by molar-refractivity contribution is -0.154. The summed E-state index contributed by atoms with van der Waals surface area (Å²) in [6.45, 7) is 0. The standard InChI is InChI=1S/C10H10F5NO.ClH/c11-5-1-2-7(12)6(3-5)8(17)4-9(16)10(13,14)15;/h1-3,8-9,17H,4,16H2;1H/t8-,9+;/m0./s1. The van der Waals surface area contributed by atoms with E-state index in [0.717, 1.165) is 12.1 Å². The van der Waals surface area contributed by atoms with Crippen molar-refractivity contribution in [2.75, 3.05) is 0 Å². The molecule has 0 aliphatic heterocycles. The maximum atomic E-state index is 13.1. The molecule has 1 aromatic carbocycles. The van der Waals surface area contributed by atoms with Crippen LogP contribution in [0.3, 0.4) is 0 Å². The van der Waals surface area contributed by atoms with Gasteiger partial charge in [-0.3, -0.25) is 0 Å². The van der Waals surface area contributed by atoms with Gasteiger partial charge in [0.05, 0.1) is 6.10 Å². The monoisotopic (exact) mass is 291 g/mol. The average Bonchev–Trinajstić information content (AvgIpc) is 2.20. The normalized spacial score (nSPS) is 14.8. The minimum Gasteiger partial charge on any atom is -0.388 e. The van der Waals surface area contributed by atoms with Crippen LogP contribution in [0.25, 0.3) is 0 Å². The fourth-order valence-electron chi connectivity index (χ4n) is 1.27. The van der Waals surface area contributed by atoms with Gasteiger partial charge in [-0.05, 0) is 18.2 Å². The van der Waals surface area contributed by atoms with Crippen LogP contribution < -0.4 is 5.73 Å². The van der Waals surface area contributed by atoms with Gasteiger partial charge >= 0.3 is 6.18 Å². The molecule has 18 heavy (non-hydrogen) atoms. The maximum absolute atomic E-state index is 13.1. The van der Waals surface area contributed by atoms with Crippen molar-refractivity contribution in [2.45, 2.75) is 24.7 Å². The van der Waals surface area contributed by atoms with E-state index in [1.165, 1.54) is 0 Å². The van der Waals surface area contributed by atoms with Gasteiger partial charge in [0.15, 0.2) is 0 Å². The number of aliphatic hydroxyl groups is 1. The Morgan fingerprint density at radius 1 is 1.22 bits per heavy atom. The number of alkyl halides is 3. The van der Waals surface area contributed by atoms with Crippen molar-refractivity contribution in [1.29, 1.82) is 0 Å². The van der Waals surface area contributed by atoms with E-state index >= 15 is 0 Å². The highest BCUT2D eigenvalue weighted by Gasteiger charge is 2.38. The van der Waals surface area contributed by atoms with Crippen LogP contribution in [0.2, 0.25) is 0 Å². The van der Waals surface area contributed by atoms with Crippen LogP contribution in [0.5, 0.6) is 0 Å². The van der Waals surface area contributed by atoms with Crippen molar-refractivity contribution in [3.63, 3.8) is 0 Å². The number of nitrogens with two attached hydrogens (primary N) is 1. The quantitative estimate of drug-likeness (QED) is 0.841. The second-order valence-corrected chi connectivity index (χ2v) is 3.57. The molecule has 0 saturated carbocycles. The Kier molecular flexibility index (Phi) is 5.98. The molecule has 1 rings (SSSR count). The van der Waals surface area contributed by atoms with Crippen molar-refractivity contribution in [1.82, 2.24) is 0 Å². The van der Waals surface area contributed by atoms with Crippen molar-refractivity contribution in [3.8, 4) is 0 Å². The minimum atomic E-state index is -4.69. The van der Waals surface area contributed by atoms with Crippen LogP contribution in [0.4, 0.5) is 22.0 Å². The molecule has 104 valence electrons. The van der Waals surface area contributed by atoms with E-state index in [1.54, 1.807) is 0 Å². The predicted molar refractivity (Wildman–Crippen MR) is 57.2 cm³/mol. The molecule has 0 aliphatic carbocycles. The molecule has 0 fully saturated rings. The highest BCUT2D eigenvalue weighted by atomic mass is 35.5. The second kappa shape index (κ2) is 6.31. The van der Waals surface area contributed by atoms with Crippen LogP contribution >= 0.6 is 12.4 Å². The van der Waals surface area contributed by atoms with E-state index < -0.39 is 41.9 Å². The van der Waals surface area contributed by atoms with Gasteiger partial charge in [-0.15, -0.1) is 12.4 Å². The van der Waals surface area contributed by atoms with E-state index in [1.807, 2.05) is 0 Å². The zero-order chi connectivity index (χ0) is 13.2. The second-order valence-electron chi connectivity index (χ2n) is 3.57. The Morgan fingerprint density at radius 2 is 1.78 bits per heavy atom. The summed E-state index contributed by atoms with van der Waals surface area (Å²) in [6.07, 6.45) is -7.42. The topological polar surface area (TPSA) is 46.2 Å². The first-order valence-corrected chi connectivity index (χ1v) is 4.67. The lowest BCUT2D eigenvalue weighted by Gasteiger charge is -2.19. The molecule has 0 saturated heterocycles. The van der Waals surface area contributed by atoms with Gasteiger partial charge < -0.3 is 10.8 Å². The lowest BCUT2D eigenvalue weighted by Crippen LogP contribution is -2.38. The average molecular weight is 292 g/mol. The summed E-state index contributed by atoms with van der Waals surface area (Å²) in [6, 6.07) is -0.120. The number of benzene rings is 1. The molecule has 0 unspecified atom stereocenters. The molecule has 3 N–H and O–H groups in total. The highest BCUT2D eigenvalue weighted by molar-refractivity contribution is 5.85. The first-order chi connectivity index (χ1) is 7.71. The molecular weight excluding hydrogens is 281 g/mol. The number of rotatable bonds is 3. The van der Waals surface area contributed by atoms with Gasteiger partial charge in [0.2, 0.25) is 0 Å². The van der Waals surface area contributed by atoms with E-state index in [2.05, 4.69) is 0 Å². The molecule has 0 heterocycles. The largest absolute Gasteiger partial charge is 0.403 e. The van der Waals surface area contributed by atoms with Crippen LogP contribution in [-0.4, -0.2) is 17.3 Å². The molecule has 8 heteroatoms. The Hall–Kier alpha value is -0.920. The molecule has 2 nitrogen and oxygen atoms in total. The molecule has 2 atom stereocenters. The fraction of sp³-hybridized carbons (Fsp3) is 0.400. The lowest BCUT2D eigenvalue weighted by atomic mass is 10.0. The summed E-state index contributed by atoms with van der Waals surface area (Å²) in [5, 5.41) is 9.37. The smallest absolute Gasteiger partial charge is 0.388 e. The van der Waals surface area contributed by atoms with Gasteiger partial charge in [-0.25, -0.2) is 8.78 Å². The first-order valence-electron chi connectivity index (χ1n) is 4.67. The van der Waals surface area contributed by atoms with Crippen LogP contribution in [-0.2, 0) is 0 Å². The zero-order valence-electron chi connectivity index (χ0n) is 8.92. The third kappa shape index (κ3) is 4.40. The molecule has 0 amide bonds. The number of halogens is 6. The van der Waals surface area contributed by atoms with E-state index in [9.17, 15) is 27.1 Å². The molecule has 0 spiro atoms. The molecular formula is C10H11ClF5NO. The third-order valence-electron chi connectivity index (χ3n) is 2.21. The number of hydrogen-bond acceptors (Lipinski definition) is 2. The Labute approximate surface area is 106 Å². The molecule has 0 aromatic heterocycles. The summed E-state index contributed by atoms with van der Waals surface area (Å²) < 4.78 is 62.2. The van der Waals surface area contributed by atoms with Crippen LogP contribution in [0.1, 0.15) is 18.1 Å². The van der Waals surface area contributed by atoms with Crippen molar-refractivity contribution in [3.05, 3.63) is 35.4 Å². The summed E-state index contributed by atoms with van der Waals surface area (Å²) in [4.78, 5) is 0. The highest BCUT2D eigenvalue weighted by Crippen LogP contribution is 2.28. The minimum absolute atomic E-state index is 0. The molecule has 0 bridgehead atoms. The van der Waals surface area contributed by atoms with Crippen molar-refractivity contribution >= 4 is 12.4 Å². The summed E-state index contributed by atoms with van der Waals surface area (Å²) in [5.41, 5.74) is 4.24. The number of hydrogen-bond donors (Lipinski definition) is 2. The van der Waals surface area contributed by atoms with Gasteiger partial charge in [0, 0.05) is 12.0 Å². The fourth-order valence-corrected chi connectivity index (χ4v) is 1.27. The van der Waals surface area contributed by atoms with Crippen molar-refractivity contribution in [2.24, 2.45) is 5.73 Å². The Bertz CT molecular complexity index is 398. The first kappa shape index (κ1) is 17.1. The van der Waals surface area contributed by atoms with E-state index in [0.29, 0.717) is 6.07 Å². The molecule has 0 radical (unpaired) electrons. The SMILES string of the molecule is Cl.N[C@H](C[C@H](O)c1cc(F)ccc1F)C(F)(F)F. The van der Waals surface area contributed by atoms with Crippen molar-refractivity contribution < 1.29 is 27.1 Å². The zero-order valence-corrected chi connectivity index (χ0v) is 9.73. The Balaban J connectivity index is 0.00000289. The number of aliphatic hydroxyl groups excluding tert-OH is 1. The summed E-state index contributed by atoms with van der Waals surface area (Å²) in [7, 11) is 0. The maximum Gasteiger partial charge on any atom is 0.403 e. The Morgan fingerprint density at radius 3 is 2.28 bits per heavy atom. The molecule has 0 aliphatic rings. The summed E-state index contributed by atoms with van der Waals surface area (Å²) >= 11 is 0. The summed E-state index contributed by atoms with van der Waals surface area (Å²) in [5.74, 6) is -1.82.